The molecule has 10 nitrogen and oxygen atoms in total. The number of halogens is 2. The third kappa shape index (κ3) is 4.10. The van der Waals surface area contributed by atoms with Crippen molar-refractivity contribution in [2.24, 2.45) is 7.05 Å². The molecule has 1 amide bonds. The van der Waals surface area contributed by atoms with Crippen molar-refractivity contribution < 1.29 is 4.79 Å². The highest BCUT2D eigenvalue weighted by Crippen LogP contribution is 2.44. The van der Waals surface area contributed by atoms with Crippen LogP contribution < -0.4 is 20.9 Å². The molecule has 0 fully saturated rings. The van der Waals surface area contributed by atoms with E-state index in [4.69, 9.17) is 23.2 Å². The number of fused-ring (bicyclic) bond motifs is 1. The Hall–Kier alpha value is -3.89. The number of hydrogen-bond acceptors (Lipinski definition) is 6. The van der Waals surface area contributed by atoms with Gasteiger partial charge >= 0.3 is 0 Å². The Morgan fingerprint density at radius 1 is 1.05 bits per heavy atom. The number of aromatic amines is 1. The maximum Gasteiger partial charge on any atom is 0.279 e. The maximum atomic E-state index is 14.0. The lowest BCUT2D eigenvalue weighted by molar-refractivity contribution is 0.0989. The number of pyridine rings is 1. The van der Waals surface area contributed by atoms with Crippen LogP contribution in [0.4, 0.5) is 11.6 Å². The standard InChI is InChI=1S/C26H25Cl2N7O3/c1-13(2)34-21-19(30-22(34)17-11-29-26(32(3)4)31-23(17)36)25(38)35(18-10-16(28)12-33(5)24(18)37)20(21)14-6-8-15(27)9-7-14/h6-13,20H,1-5H3,(H,29,31,36). The molecule has 0 saturated heterocycles. The third-order valence-corrected chi connectivity index (χ3v) is 6.89. The van der Waals surface area contributed by atoms with Gasteiger partial charge in [0.15, 0.2) is 5.69 Å². The smallest absolute Gasteiger partial charge is 0.279 e. The number of imidazole rings is 1. The molecule has 1 aliphatic heterocycles. The van der Waals surface area contributed by atoms with Gasteiger partial charge in [0, 0.05) is 44.6 Å². The molecule has 38 heavy (non-hydrogen) atoms. The van der Waals surface area contributed by atoms with Crippen molar-refractivity contribution in [3.63, 3.8) is 0 Å². The molecule has 0 saturated carbocycles. The second kappa shape index (κ2) is 9.45. The topological polar surface area (TPSA) is 109 Å². The van der Waals surface area contributed by atoms with Crippen LogP contribution in [-0.4, -0.2) is 44.1 Å². The molecular formula is C26H25Cl2N7O3. The van der Waals surface area contributed by atoms with Crippen molar-refractivity contribution in [1.29, 1.82) is 0 Å². The van der Waals surface area contributed by atoms with Gasteiger partial charge in [-0.25, -0.2) is 9.97 Å². The van der Waals surface area contributed by atoms with Crippen molar-refractivity contribution in [2.75, 3.05) is 23.9 Å². The van der Waals surface area contributed by atoms with E-state index in [1.54, 1.807) is 50.3 Å². The maximum absolute atomic E-state index is 14.0. The molecule has 1 aromatic carbocycles. The van der Waals surface area contributed by atoms with Crippen LogP contribution in [0.25, 0.3) is 11.4 Å². The Bertz CT molecular complexity index is 1690. The summed E-state index contributed by atoms with van der Waals surface area (Å²) in [6.45, 7) is 3.87. The minimum absolute atomic E-state index is 0.120. The number of hydrogen-bond donors (Lipinski definition) is 1. The fraction of sp³-hybridized carbons (Fsp3) is 0.269. The van der Waals surface area contributed by atoms with Gasteiger partial charge in [0.25, 0.3) is 17.0 Å². The Labute approximate surface area is 228 Å². The number of carbonyl (C=O) groups excluding carboxylic acids is 1. The summed E-state index contributed by atoms with van der Waals surface area (Å²) in [5, 5.41) is 0.834. The van der Waals surface area contributed by atoms with E-state index in [2.05, 4.69) is 15.0 Å². The summed E-state index contributed by atoms with van der Waals surface area (Å²) < 4.78 is 3.18. The molecular weight excluding hydrogens is 529 g/mol. The van der Waals surface area contributed by atoms with Crippen LogP contribution in [0.3, 0.4) is 0 Å². The van der Waals surface area contributed by atoms with Gasteiger partial charge in [0.2, 0.25) is 5.95 Å². The molecule has 3 aromatic heterocycles. The normalized spacial score (nSPS) is 14.9. The van der Waals surface area contributed by atoms with Gasteiger partial charge in [0.05, 0.1) is 10.7 Å². The quantitative estimate of drug-likeness (QED) is 0.399. The molecule has 1 atom stereocenters. The number of benzene rings is 1. The van der Waals surface area contributed by atoms with Gasteiger partial charge in [-0.3, -0.25) is 24.3 Å². The SMILES string of the molecule is CC(C)n1c(-c2cnc(N(C)C)[nH]c2=O)nc2c1C(c1ccc(Cl)cc1)N(c1cc(Cl)cn(C)c1=O)C2=O. The zero-order valence-electron chi connectivity index (χ0n) is 21.4. The summed E-state index contributed by atoms with van der Waals surface area (Å²) in [6.07, 6.45) is 2.94. The van der Waals surface area contributed by atoms with E-state index in [0.717, 1.165) is 0 Å². The molecule has 4 aromatic rings. The number of nitrogens with one attached hydrogen (secondary N) is 1. The zero-order chi connectivity index (χ0) is 27.5. The molecule has 5 rings (SSSR count). The highest BCUT2D eigenvalue weighted by atomic mass is 35.5. The van der Waals surface area contributed by atoms with Crippen LogP contribution in [0.5, 0.6) is 0 Å². The number of amides is 1. The van der Waals surface area contributed by atoms with Crippen molar-refractivity contribution in [2.45, 2.75) is 25.9 Å². The summed E-state index contributed by atoms with van der Waals surface area (Å²) in [6, 6.07) is 7.60. The van der Waals surface area contributed by atoms with E-state index in [0.29, 0.717) is 33.1 Å². The number of aryl methyl sites for hydroxylation is 1. The van der Waals surface area contributed by atoms with Gasteiger partial charge in [-0.15, -0.1) is 0 Å². The van der Waals surface area contributed by atoms with Crippen LogP contribution >= 0.6 is 23.2 Å². The van der Waals surface area contributed by atoms with E-state index in [1.165, 1.54) is 27.9 Å². The predicted molar refractivity (Wildman–Crippen MR) is 148 cm³/mol. The first-order valence-corrected chi connectivity index (χ1v) is 12.6. The molecule has 12 heteroatoms. The lowest BCUT2D eigenvalue weighted by Crippen LogP contribution is -2.36. The van der Waals surface area contributed by atoms with Crippen LogP contribution in [-0.2, 0) is 7.05 Å². The molecule has 0 bridgehead atoms. The lowest BCUT2D eigenvalue weighted by atomic mass is 10.0. The minimum Gasteiger partial charge on any atom is -0.348 e. The molecule has 1 aliphatic rings. The first kappa shape index (κ1) is 25.7. The number of aromatic nitrogens is 5. The van der Waals surface area contributed by atoms with Gasteiger partial charge in [0.1, 0.15) is 23.1 Å². The van der Waals surface area contributed by atoms with Gasteiger partial charge in [-0.05, 0) is 37.6 Å². The zero-order valence-corrected chi connectivity index (χ0v) is 22.9. The van der Waals surface area contributed by atoms with E-state index in [1.807, 2.05) is 18.4 Å². The molecule has 0 spiro atoms. The third-order valence-electron chi connectivity index (χ3n) is 6.43. The predicted octanol–water partition coefficient (Wildman–Crippen LogP) is 4.04. The summed E-state index contributed by atoms with van der Waals surface area (Å²) in [5.74, 6) is 0.233. The highest BCUT2D eigenvalue weighted by Gasteiger charge is 2.46. The number of nitrogens with zero attached hydrogens (tertiary/aromatic N) is 6. The molecule has 4 heterocycles. The number of H-pyrrole nitrogens is 1. The molecule has 0 aliphatic carbocycles. The molecule has 0 radical (unpaired) electrons. The van der Waals surface area contributed by atoms with E-state index >= 15 is 0 Å². The Morgan fingerprint density at radius 3 is 2.34 bits per heavy atom. The molecule has 1 unspecified atom stereocenters. The first-order chi connectivity index (χ1) is 18.0. The van der Waals surface area contributed by atoms with Crippen molar-refractivity contribution >= 4 is 40.7 Å². The second-order valence-electron chi connectivity index (χ2n) is 9.57. The number of carbonyl (C=O) groups is 1. The van der Waals surface area contributed by atoms with Crippen LogP contribution in [0.15, 0.2) is 52.3 Å². The Balaban J connectivity index is 1.80. The van der Waals surface area contributed by atoms with E-state index in [-0.39, 0.29) is 34.1 Å². The fourth-order valence-electron chi connectivity index (χ4n) is 4.73. The summed E-state index contributed by atoms with van der Waals surface area (Å²) in [7, 11) is 5.11. The summed E-state index contributed by atoms with van der Waals surface area (Å²) in [5.41, 5.74) is 0.994. The first-order valence-electron chi connectivity index (χ1n) is 11.8. The molecule has 196 valence electrons. The monoisotopic (exact) mass is 553 g/mol. The average molecular weight is 554 g/mol. The van der Waals surface area contributed by atoms with Crippen molar-refractivity contribution in [3.8, 4) is 11.4 Å². The van der Waals surface area contributed by atoms with E-state index in [9.17, 15) is 14.4 Å². The molecule has 1 N–H and O–H groups in total. The number of anilines is 2. The van der Waals surface area contributed by atoms with E-state index < -0.39 is 11.9 Å². The van der Waals surface area contributed by atoms with Gasteiger partial charge in [-0.2, -0.15) is 0 Å². The van der Waals surface area contributed by atoms with Crippen molar-refractivity contribution in [1.82, 2.24) is 24.1 Å². The summed E-state index contributed by atoms with van der Waals surface area (Å²) in [4.78, 5) is 55.1. The van der Waals surface area contributed by atoms with Crippen LogP contribution in [0, 0.1) is 0 Å². The fourth-order valence-corrected chi connectivity index (χ4v) is 5.10. The largest absolute Gasteiger partial charge is 0.348 e. The number of rotatable bonds is 5. The van der Waals surface area contributed by atoms with Crippen LogP contribution in [0.2, 0.25) is 10.0 Å². The van der Waals surface area contributed by atoms with Crippen molar-refractivity contribution in [3.05, 3.63) is 90.4 Å². The minimum atomic E-state index is -0.724. The lowest BCUT2D eigenvalue weighted by Gasteiger charge is -2.28. The average Bonchev–Trinajstić information content (AvgIpc) is 3.37. The highest BCUT2D eigenvalue weighted by molar-refractivity contribution is 6.31. The van der Waals surface area contributed by atoms with Crippen LogP contribution in [0.1, 0.15) is 47.7 Å². The second-order valence-corrected chi connectivity index (χ2v) is 10.4. The Morgan fingerprint density at radius 2 is 1.74 bits per heavy atom. The Kier molecular flexibility index (Phi) is 6.40. The summed E-state index contributed by atoms with van der Waals surface area (Å²) >= 11 is 12.5. The van der Waals surface area contributed by atoms with Gasteiger partial charge in [-0.1, -0.05) is 35.3 Å². The van der Waals surface area contributed by atoms with Gasteiger partial charge < -0.3 is 14.0 Å².